The quantitative estimate of drug-likeness (QED) is 0.650. The monoisotopic (exact) mass is 300 g/mol. The van der Waals surface area contributed by atoms with Crippen LogP contribution >= 0.6 is 15.9 Å². The van der Waals surface area contributed by atoms with Crippen molar-refractivity contribution >= 4 is 33.5 Å². The maximum absolute atomic E-state index is 11.7. The molecule has 0 radical (unpaired) electrons. The van der Waals surface area contributed by atoms with Gasteiger partial charge in [-0.1, -0.05) is 15.9 Å². The smallest absolute Gasteiger partial charge is 0.339 e. The molecule has 3 N–H and O–H groups in total. The minimum atomic E-state index is -0.570. The minimum Gasteiger partial charge on any atom is -0.452 e. The number of nitrogens with two attached hydrogens (primary N) is 1. The van der Waals surface area contributed by atoms with Crippen molar-refractivity contribution in [2.45, 2.75) is 6.92 Å². The van der Waals surface area contributed by atoms with E-state index in [0.717, 1.165) is 0 Å². The lowest BCUT2D eigenvalue weighted by Gasteiger charge is -2.09. The molecule has 0 aliphatic rings. The van der Waals surface area contributed by atoms with E-state index >= 15 is 0 Å². The number of rotatable bonds is 3. The second-order valence-corrected chi connectivity index (χ2v) is 4.33. The van der Waals surface area contributed by atoms with Crippen LogP contribution in [0, 0.1) is 6.92 Å². The lowest BCUT2D eigenvalue weighted by atomic mass is 10.1. The van der Waals surface area contributed by atoms with Crippen LogP contribution in [-0.2, 0) is 9.53 Å². The predicted octanol–water partition coefficient (Wildman–Crippen LogP) is 1.24. The van der Waals surface area contributed by atoms with E-state index in [4.69, 9.17) is 10.5 Å². The molecule has 1 aromatic carbocycles. The SMILES string of the molecule is CNC(=O)COC(=O)c1cc(Br)cc(N)c1C. The third kappa shape index (κ3) is 3.45. The lowest BCUT2D eigenvalue weighted by Crippen LogP contribution is -2.25. The Bertz CT molecular complexity index is 460. The van der Waals surface area contributed by atoms with Crippen molar-refractivity contribution in [3.63, 3.8) is 0 Å². The van der Waals surface area contributed by atoms with Gasteiger partial charge in [0.15, 0.2) is 6.61 Å². The van der Waals surface area contributed by atoms with E-state index in [2.05, 4.69) is 21.2 Å². The van der Waals surface area contributed by atoms with Gasteiger partial charge in [0, 0.05) is 17.2 Å². The summed E-state index contributed by atoms with van der Waals surface area (Å²) in [5, 5.41) is 2.36. The fourth-order valence-electron chi connectivity index (χ4n) is 1.19. The molecule has 17 heavy (non-hydrogen) atoms. The van der Waals surface area contributed by atoms with E-state index in [0.29, 0.717) is 21.3 Å². The molecule has 6 heteroatoms. The molecule has 0 aliphatic carbocycles. The van der Waals surface area contributed by atoms with Crippen LogP contribution in [0.2, 0.25) is 0 Å². The van der Waals surface area contributed by atoms with E-state index in [1.54, 1.807) is 19.1 Å². The average molecular weight is 301 g/mol. The van der Waals surface area contributed by atoms with E-state index in [1.165, 1.54) is 7.05 Å². The van der Waals surface area contributed by atoms with Crippen LogP contribution in [0.1, 0.15) is 15.9 Å². The normalized spacial score (nSPS) is 9.82. The minimum absolute atomic E-state index is 0.304. The molecule has 0 aliphatic heterocycles. The highest BCUT2D eigenvalue weighted by molar-refractivity contribution is 9.10. The summed E-state index contributed by atoms with van der Waals surface area (Å²) in [6, 6.07) is 3.31. The molecule has 1 rings (SSSR count). The summed E-state index contributed by atoms with van der Waals surface area (Å²) in [5.74, 6) is -0.932. The van der Waals surface area contributed by atoms with Gasteiger partial charge in [-0.15, -0.1) is 0 Å². The van der Waals surface area contributed by atoms with Gasteiger partial charge in [-0.25, -0.2) is 4.79 Å². The zero-order valence-corrected chi connectivity index (χ0v) is 11.1. The van der Waals surface area contributed by atoms with Crippen molar-refractivity contribution in [3.8, 4) is 0 Å². The Morgan fingerprint density at radius 3 is 2.71 bits per heavy atom. The molecule has 92 valence electrons. The third-order valence-corrected chi connectivity index (χ3v) is 2.70. The van der Waals surface area contributed by atoms with E-state index in [-0.39, 0.29) is 12.5 Å². The molecule has 5 nitrogen and oxygen atoms in total. The van der Waals surface area contributed by atoms with Crippen molar-refractivity contribution in [1.82, 2.24) is 5.32 Å². The van der Waals surface area contributed by atoms with Crippen LogP contribution in [0.25, 0.3) is 0 Å². The van der Waals surface area contributed by atoms with Crippen LogP contribution in [0.5, 0.6) is 0 Å². The van der Waals surface area contributed by atoms with Gasteiger partial charge in [0.2, 0.25) is 0 Å². The Morgan fingerprint density at radius 2 is 2.12 bits per heavy atom. The van der Waals surface area contributed by atoms with Gasteiger partial charge in [0.1, 0.15) is 0 Å². The zero-order valence-electron chi connectivity index (χ0n) is 9.54. The van der Waals surface area contributed by atoms with Crippen LogP contribution in [0.15, 0.2) is 16.6 Å². The van der Waals surface area contributed by atoms with Gasteiger partial charge >= 0.3 is 5.97 Å². The molecular formula is C11H13BrN2O3. The summed E-state index contributed by atoms with van der Waals surface area (Å²) in [6.07, 6.45) is 0. The number of amides is 1. The van der Waals surface area contributed by atoms with Crippen LogP contribution in [-0.4, -0.2) is 25.5 Å². The third-order valence-electron chi connectivity index (χ3n) is 2.25. The average Bonchev–Trinajstić information content (AvgIpc) is 2.30. The highest BCUT2D eigenvalue weighted by Crippen LogP contribution is 2.23. The van der Waals surface area contributed by atoms with Gasteiger partial charge in [-0.2, -0.15) is 0 Å². The van der Waals surface area contributed by atoms with Crippen molar-refractivity contribution < 1.29 is 14.3 Å². The summed E-state index contributed by atoms with van der Waals surface area (Å²) in [6.45, 7) is 1.42. The van der Waals surface area contributed by atoms with E-state index in [1.807, 2.05) is 0 Å². The lowest BCUT2D eigenvalue weighted by molar-refractivity contribution is -0.123. The predicted molar refractivity (Wildman–Crippen MR) is 67.6 cm³/mol. The van der Waals surface area contributed by atoms with Gasteiger partial charge < -0.3 is 15.8 Å². The second kappa shape index (κ2) is 5.67. The fourth-order valence-corrected chi connectivity index (χ4v) is 1.67. The number of carbonyl (C=O) groups excluding carboxylic acids is 2. The molecule has 0 saturated carbocycles. The highest BCUT2D eigenvalue weighted by Gasteiger charge is 2.14. The molecule has 0 saturated heterocycles. The van der Waals surface area contributed by atoms with E-state index < -0.39 is 5.97 Å². The Morgan fingerprint density at radius 1 is 1.47 bits per heavy atom. The molecule has 0 fully saturated rings. The number of hydrogen-bond acceptors (Lipinski definition) is 4. The zero-order chi connectivity index (χ0) is 13.0. The van der Waals surface area contributed by atoms with Gasteiger partial charge in [0.25, 0.3) is 5.91 Å². The molecule has 0 bridgehead atoms. The molecule has 0 heterocycles. The molecule has 0 aromatic heterocycles. The number of nitrogen functional groups attached to an aromatic ring is 1. The first-order valence-corrected chi connectivity index (χ1v) is 5.68. The number of anilines is 1. The Hall–Kier alpha value is -1.56. The molecule has 0 atom stereocenters. The molecular weight excluding hydrogens is 288 g/mol. The fraction of sp³-hybridized carbons (Fsp3) is 0.273. The number of ether oxygens (including phenoxy) is 1. The van der Waals surface area contributed by atoms with Gasteiger partial charge in [-0.3, -0.25) is 4.79 Å². The van der Waals surface area contributed by atoms with Crippen LogP contribution in [0.3, 0.4) is 0 Å². The maximum atomic E-state index is 11.7. The first kappa shape index (κ1) is 13.5. The van der Waals surface area contributed by atoms with Crippen molar-refractivity contribution in [2.75, 3.05) is 19.4 Å². The number of esters is 1. The second-order valence-electron chi connectivity index (χ2n) is 3.42. The molecule has 0 unspecified atom stereocenters. The Balaban J connectivity index is 2.86. The first-order chi connectivity index (χ1) is 7.95. The number of halogens is 1. The van der Waals surface area contributed by atoms with Crippen molar-refractivity contribution in [3.05, 3.63) is 27.7 Å². The van der Waals surface area contributed by atoms with Gasteiger partial charge in [0.05, 0.1) is 5.56 Å². The molecule has 1 aromatic rings. The molecule has 0 spiro atoms. The van der Waals surface area contributed by atoms with Crippen molar-refractivity contribution in [1.29, 1.82) is 0 Å². The Labute approximate surface area is 107 Å². The summed E-state index contributed by atoms with van der Waals surface area (Å²) < 4.78 is 5.53. The summed E-state index contributed by atoms with van der Waals surface area (Å²) >= 11 is 3.24. The van der Waals surface area contributed by atoms with Gasteiger partial charge in [-0.05, 0) is 24.6 Å². The van der Waals surface area contributed by atoms with Crippen LogP contribution in [0.4, 0.5) is 5.69 Å². The number of hydrogen-bond donors (Lipinski definition) is 2. The first-order valence-electron chi connectivity index (χ1n) is 4.89. The summed E-state index contributed by atoms with van der Waals surface area (Å²) in [7, 11) is 1.47. The maximum Gasteiger partial charge on any atom is 0.339 e. The number of nitrogens with one attached hydrogen (secondary N) is 1. The summed E-state index contributed by atoms with van der Waals surface area (Å²) in [5.41, 5.74) is 7.20. The number of carbonyl (C=O) groups is 2. The topological polar surface area (TPSA) is 81.4 Å². The standard InChI is InChI=1S/C11H13BrN2O3/c1-6-8(3-7(12)4-9(6)13)11(16)17-5-10(15)14-2/h3-4H,5,13H2,1-2H3,(H,14,15). The number of benzene rings is 1. The number of likely N-dealkylation sites (N-methyl/N-ethyl adjacent to an activating group) is 1. The van der Waals surface area contributed by atoms with Crippen LogP contribution < -0.4 is 11.1 Å². The molecule has 1 amide bonds. The Kier molecular flexibility index (Phi) is 4.51. The van der Waals surface area contributed by atoms with Crippen molar-refractivity contribution in [2.24, 2.45) is 0 Å². The summed E-state index contributed by atoms with van der Waals surface area (Å²) in [4.78, 5) is 22.7. The highest BCUT2D eigenvalue weighted by atomic mass is 79.9. The largest absolute Gasteiger partial charge is 0.452 e. The van der Waals surface area contributed by atoms with E-state index in [9.17, 15) is 9.59 Å².